The smallest absolute Gasteiger partial charge is 0.126 e. The number of rotatable bonds is 4. The summed E-state index contributed by atoms with van der Waals surface area (Å²) in [5, 5.41) is 10.6. The summed E-state index contributed by atoms with van der Waals surface area (Å²) in [4.78, 5) is 0. The Morgan fingerprint density at radius 1 is 1.00 bits per heavy atom. The van der Waals surface area contributed by atoms with Crippen LogP contribution < -0.4 is 0 Å². The minimum absolute atomic E-state index is 0.271. The highest BCUT2D eigenvalue weighted by atomic mass is 35.5. The van der Waals surface area contributed by atoms with E-state index in [2.05, 4.69) is 0 Å². The van der Waals surface area contributed by atoms with Gasteiger partial charge in [0.05, 0.1) is 6.10 Å². The monoisotopic (exact) mass is 264 g/mol. The van der Waals surface area contributed by atoms with Crippen LogP contribution in [0.3, 0.4) is 0 Å². The van der Waals surface area contributed by atoms with Crippen LogP contribution in [-0.4, -0.2) is 11.2 Å². The van der Waals surface area contributed by atoms with E-state index in [-0.39, 0.29) is 5.82 Å². The molecule has 18 heavy (non-hydrogen) atoms. The first-order valence-electron chi connectivity index (χ1n) is 5.81. The summed E-state index contributed by atoms with van der Waals surface area (Å²) in [6.07, 6.45) is 0.212. The lowest BCUT2D eigenvalue weighted by molar-refractivity contribution is 0.174. The molecule has 0 saturated carbocycles. The van der Waals surface area contributed by atoms with Crippen LogP contribution in [0, 0.1) is 5.82 Å². The van der Waals surface area contributed by atoms with Crippen LogP contribution in [0.1, 0.15) is 11.1 Å². The van der Waals surface area contributed by atoms with Gasteiger partial charge >= 0.3 is 0 Å². The van der Waals surface area contributed by atoms with Crippen molar-refractivity contribution < 1.29 is 9.50 Å². The van der Waals surface area contributed by atoms with Crippen molar-refractivity contribution in [3.63, 3.8) is 0 Å². The predicted molar refractivity (Wildman–Crippen MR) is 71.3 cm³/mol. The lowest BCUT2D eigenvalue weighted by atomic mass is 10.0. The molecule has 1 nitrogen and oxygen atoms in total. The van der Waals surface area contributed by atoms with E-state index in [1.807, 2.05) is 12.1 Å². The summed E-state index contributed by atoms with van der Waals surface area (Å²) in [5.74, 6) is -0.271. The van der Waals surface area contributed by atoms with Crippen LogP contribution >= 0.6 is 11.6 Å². The lowest BCUT2D eigenvalue weighted by Gasteiger charge is -2.11. The fourth-order valence-electron chi connectivity index (χ4n) is 1.88. The average Bonchev–Trinajstić information content (AvgIpc) is 2.35. The molecule has 1 N–H and O–H groups in total. The van der Waals surface area contributed by atoms with E-state index in [1.54, 1.807) is 30.3 Å². The minimum atomic E-state index is -0.594. The van der Waals surface area contributed by atoms with Crippen molar-refractivity contribution in [2.45, 2.75) is 18.9 Å². The largest absolute Gasteiger partial charge is 0.392 e. The molecule has 0 heterocycles. The molecule has 0 saturated heterocycles. The molecule has 0 radical (unpaired) electrons. The molecule has 1 atom stereocenters. The summed E-state index contributed by atoms with van der Waals surface area (Å²) in [6, 6.07) is 13.8. The van der Waals surface area contributed by atoms with Gasteiger partial charge in [-0.05, 0) is 35.7 Å². The maximum Gasteiger partial charge on any atom is 0.126 e. The molecule has 0 bridgehead atoms. The van der Waals surface area contributed by atoms with Crippen LogP contribution in [-0.2, 0) is 12.8 Å². The zero-order valence-corrected chi connectivity index (χ0v) is 10.6. The molecule has 2 aromatic carbocycles. The summed E-state index contributed by atoms with van der Waals surface area (Å²) < 4.78 is 13.4. The first-order chi connectivity index (χ1) is 8.65. The molecule has 0 aliphatic heterocycles. The first-order valence-corrected chi connectivity index (χ1v) is 6.19. The zero-order valence-electron chi connectivity index (χ0n) is 9.81. The molecule has 2 rings (SSSR count). The maximum atomic E-state index is 13.4. The average molecular weight is 265 g/mol. The van der Waals surface area contributed by atoms with Gasteiger partial charge in [-0.2, -0.15) is 0 Å². The molecule has 0 aliphatic carbocycles. The van der Waals surface area contributed by atoms with Gasteiger partial charge in [0.1, 0.15) is 5.82 Å². The Hall–Kier alpha value is -1.38. The number of aliphatic hydroxyl groups excluding tert-OH is 1. The third-order valence-electron chi connectivity index (χ3n) is 2.80. The van der Waals surface area contributed by atoms with Crippen molar-refractivity contribution in [1.82, 2.24) is 0 Å². The number of aliphatic hydroxyl groups is 1. The van der Waals surface area contributed by atoms with Crippen molar-refractivity contribution in [3.8, 4) is 0 Å². The second-order valence-corrected chi connectivity index (χ2v) is 4.72. The van der Waals surface area contributed by atoms with E-state index in [0.717, 1.165) is 5.56 Å². The fourth-order valence-corrected chi connectivity index (χ4v) is 2.01. The molecule has 1 unspecified atom stereocenters. The predicted octanol–water partition coefficient (Wildman–Crippen LogP) is 3.63. The Labute approximate surface area is 111 Å². The molecule has 2 aromatic rings. The second-order valence-electron chi connectivity index (χ2n) is 4.28. The van der Waals surface area contributed by atoms with Crippen LogP contribution in [0.25, 0.3) is 0 Å². The second kappa shape index (κ2) is 5.98. The molecule has 0 fully saturated rings. The van der Waals surface area contributed by atoms with Crippen molar-refractivity contribution in [1.29, 1.82) is 0 Å². The summed E-state index contributed by atoms with van der Waals surface area (Å²) >= 11 is 5.79. The van der Waals surface area contributed by atoms with Gasteiger partial charge in [0.2, 0.25) is 0 Å². The summed E-state index contributed by atoms with van der Waals surface area (Å²) in [6.45, 7) is 0. The number of halogens is 2. The van der Waals surface area contributed by atoms with E-state index < -0.39 is 6.10 Å². The van der Waals surface area contributed by atoms with E-state index in [1.165, 1.54) is 6.07 Å². The minimum Gasteiger partial charge on any atom is -0.392 e. The molecule has 0 aromatic heterocycles. The topological polar surface area (TPSA) is 20.2 Å². The van der Waals surface area contributed by atoms with Crippen LogP contribution in [0.5, 0.6) is 0 Å². The third kappa shape index (κ3) is 3.56. The fraction of sp³-hybridized carbons (Fsp3) is 0.200. The van der Waals surface area contributed by atoms with Crippen molar-refractivity contribution >= 4 is 11.6 Å². The van der Waals surface area contributed by atoms with Gasteiger partial charge < -0.3 is 5.11 Å². The summed E-state index contributed by atoms with van der Waals surface area (Å²) in [7, 11) is 0. The molecule has 0 spiro atoms. The Morgan fingerprint density at radius 2 is 1.67 bits per heavy atom. The van der Waals surface area contributed by atoms with Crippen molar-refractivity contribution in [2.24, 2.45) is 0 Å². The number of hydrogen-bond donors (Lipinski definition) is 1. The Balaban J connectivity index is 1.99. The van der Waals surface area contributed by atoms with Gasteiger partial charge in [0, 0.05) is 11.4 Å². The van der Waals surface area contributed by atoms with Gasteiger partial charge in [-0.25, -0.2) is 4.39 Å². The highest BCUT2D eigenvalue weighted by molar-refractivity contribution is 6.30. The number of hydrogen-bond acceptors (Lipinski definition) is 1. The van der Waals surface area contributed by atoms with Crippen molar-refractivity contribution in [2.75, 3.05) is 0 Å². The summed E-state index contributed by atoms with van der Waals surface area (Å²) in [5.41, 5.74) is 1.53. The Kier molecular flexibility index (Phi) is 4.34. The quantitative estimate of drug-likeness (QED) is 0.894. The lowest BCUT2D eigenvalue weighted by Crippen LogP contribution is -2.14. The van der Waals surface area contributed by atoms with Crippen molar-refractivity contribution in [3.05, 3.63) is 70.5 Å². The highest BCUT2D eigenvalue weighted by Gasteiger charge is 2.09. The SMILES string of the molecule is OC(Cc1ccc(Cl)cc1)Cc1ccccc1F. The molecule has 94 valence electrons. The van der Waals surface area contributed by atoms with Gasteiger partial charge in [0.15, 0.2) is 0 Å². The Bertz CT molecular complexity index is 510. The standard InChI is InChI=1S/C15H14ClFO/c16-13-7-5-11(6-8-13)9-14(18)10-12-3-1-2-4-15(12)17/h1-8,14,18H,9-10H2. The molecule has 3 heteroatoms. The molecule has 0 aliphatic rings. The van der Waals surface area contributed by atoms with E-state index in [4.69, 9.17) is 11.6 Å². The molecular weight excluding hydrogens is 251 g/mol. The van der Waals surface area contributed by atoms with Gasteiger partial charge in [-0.1, -0.05) is 41.9 Å². The van der Waals surface area contributed by atoms with E-state index in [9.17, 15) is 9.50 Å². The Morgan fingerprint density at radius 3 is 2.33 bits per heavy atom. The maximum absolute atomic E-state index is 13.4. The van der Waals surface area contributed by atoms with Gasteiger partial charge in [0.25, 0.3) is 0 Å². The van der Waals surface area contributed by atoms with E-state index in [0.29, 0.717) is 23.4 Å². The molecule has 0 amide bonds. The van der Waals surface area contributed by atoms with E-state index >= 15 is 0 Å². The number of benzene rings is 2. The van der Waals surface area contributed by atoms with Crippen LogP contribution in [0.4, 0.5) is 4.39 Å². The highest BCUT2D eigenvalue weighted by Crippen LogP contribution is 2.14. The molecular formula is C15H14ClFO. The zero-order chi connectivity index (χ0) is 13.0. The van der Waals surface area contributed by atoms with Gasteiger partial charge in [-0.3, -0.25) is 0 Å². The van der Waals surface area contributed by atoms with Gasteiger partial charge in [-0.15, -0.1) is 0 Å². The third-order valence-corrected chi connectivity index (χ3v) is 3.05. The van der Waals surface area contributed by atoms with Crippen LogP contribution in [0.15, 0.2) is 48.5 Å². The first kappa shape index (κ1) is 13.1. The van der Waals surface area contributed by atoms with Crippen LogP contribution in [0.2, 0.25) is 5.02 Å². The normalized spacial score (nSPS) is 12.4.